The zero-order chi connectivity index (χ0) is 23.1. The molecule has 0 unspecified atom stereocenters. The van der Waals surface area contributed by atoms with Gasteiger partial charge in [-0.05, 0) is 18.6 Å². The van der Waals surface area contributed by atoms with Crippen LogP contribution in [0.1, 0.15) is 18.3 Å². The third-order valence-corrected chi connectivity index (χ3v) is 6.73. The van der Waals surface area contributed by atoms with Gasteiger partial charge in [0.1, 0.15) is 6.61 Å². The fourth-order valence-electron chi connectivity index (χ4n) is 3.86. The van der Waals surface area contributed by atoms with Crippen LogP contribution in [0.25, 0.3) is 11.2 Å². The summed E-state index contributed by atoms with van der Waals surface area (Å²) in [5.41, 5.74) is 0.112. The van der Waals surface area contributed by atoms with Gasteiger partial charge in [-0.1, -0.05) is 23.9 Å². The van der Waals surface area contributed by atoms with E-state index in [1.165, 1.54) is 27.2 Å². The highest BCUT2D eigenvalue weighted by Crippen LogP contribution is 2.35. The highest BCUT2D eigenvalue weighted by atomic mass is 32.2. The van der Waals surface area contributed by atoms with E-state index in [2.05, 4.69) is 15.2 Å². The molecule has 0 saturated carbocycles. The summed E-state index contributed by atoms with van der Waals surface area (Å²) in [6, 6.07) is 7.53. The molecule has 172 valence electrons. The lowest BCUT2D eigenvalue weighted by Crippen LogP contribution is -2.39. The molecule has 1 aliphatic heterocycles. The minimum atomic E-state index is -0.369. The third-order valence-electron chi connectivity index (χ3n) is 5.62. The van der Waals surface area contributed by atoms with Crippen LogP contribution in [0.2, 0.25) is 0 Å². The maximum absolute atomic E-state index is 12.8. The molecule has 0 bridgehead atoms. The standard InChI is InChI=1S/C21H23N7O4S/c1-25-12-22-18-16(25)19(29)28(21(30)27(18)3)9-6-10-33-20-24-23-17(26(20)2)15-11-31-13-7-4-5-8-14(13)32-15/h4-5,7-8,12,15H,6,9-11H2,1-3H3/t15-/m0/s1. The van der Waals surface area contributed by atoms with Gasteiger partial charge >= 0.3 is 5.69 Å². The second kappa shape index (κ2) is 8.43. The number of rotatable bonds is 6. The van der Waals surface area contributed by atoms with Crippen LogP contribution in [0.3, 0.4) is 0 Å². The van der Waals surface area contributed by atoms with Crippen molar-refractivity contribution in [1.82, 2.24) is 33.4 Å². The Kier molecular flexibility index (Phi) is 5.44. The quantitative estimate of drug-likeness (QED) is 0.307. The fraction of sp³-hybridized carbons (Fsp3) is 0.381. The van der Waals surface area contributed by atoms with Crippen LogP contribution >= 0.6 is 11.8 Å². The minimum absolute atomic E-state index is 0.306. The first-order valence-corrected chi connectivity index (χ1v) is 11.5. The van der Waals surface area contributed by atoms with Gasteiger partial charge in [-0.25, -0.2) is 9.78 Å². The largest absolute Gasteiger partial charge is 0.485 e. The SMILES string of the molecule is Cn1c(SCCCn2c(=O)c3c(ncn3C)n(C)c2=O)nnc1[C@@H]1COc2ccccc2O1. The second-order valence-electron chi connectivity index (χ2n) is 7.79. The highest BCUT2D eigenvalue weighted by Gasteiger charge is 2.27. The lowest BCUT2D eigenvalue weighted by Gasteiger charge is -2.25. The number of thioether (sulfide) groups is 1. The monoisotopic (exact) mass is 469 g/mol. The number of nitrogens with zero attached hydrogens (tertiary/aromatic N) is 7. The Bertz CT molecular complexity index is 1450. The predicted octanol–water partition coefficient (Wildman–Crippen LogP) is 1.26. The van der Waals surface area contributed by atoms with Crippen LogP contribution in [0.15, 0.2) is 45.3 Å². The van der Waals surface area contributed by atoms with E-state index in [4.69, 9.17) is 9.47 Å². The number of imidazole rings is 1. The highest BCUT2D eigenvalue weighted by molar-refractivity contribution is 7.99. The molecule has 4 aromatic rings. The van der Waals surface area contributed by atoms with E-state index < -0.39 is 0 Å². The summed E-state index contributed by atoms with van der Waals surface area (Å²) in [5, 5.41) is 9.31. The minimum Gasteiger partial charge on any atom is -0.485 e. The van der Waals surface area contributed by atoms with Gasteiger partial charge in [0.2, 0.25) is 0 Å². The molecule has 12 heteroatoms. The molecule has 0 saturated heterocycles. The van der Waals surface area contributed by atoms with Crippen molar-refractivity contribution in [2.75, 3.05) is 12.4 Å². The zero-order valence-corrected chi connectivity index (χ0v) is 19.3. The first-order chi connectivity index (χ1) is 16.0. The molecule has 0 amide bonds. The lowest BCUT2D eigenvalue weighted by atomic mass is 10.2. The van der Waals surface area contributed by atoms with Crippen LogP contribution in [-0.2, 0) is 27.7 Å². The molecule has 1 atom stereocenters. The van der Waals surface area contributed by atoms with Crippen LogP contribution in [0.4, 0.5) is 0 Å². The van der Waals surface area contributed by atoms with Crippen LogP contribution in [-0.4, -0.2) is 45.8 Å². The van der Waals surface area contributed by atoms with Gasteiger partial charge < -0.3 is 18.6 Å². The number of aromatic nitrogens is 7. The Balaban J connectivity index is 1.25. The number of hydrogen-bond donors (Lipinski definition) is 0. The molecule has 0 spiro atoms. The van der Waals surface area contributed by atoms with E-state index in [0.717, 1.165) is 10.9 Å². The smallest absolute Gasteiger partial charge is 0.332 e. The third kappa shape index (κ3) is 3.69. The van der Waals surface area contributed by atoms with Gasteiger partial charge in [0.25, 0.3) is 5.56 Å². The summed E-state index contributed by atoms with van der Waals surface area (Å²) in [6.07, 6.45) is 1.80. The molecule has 0 fully saturated rings. The second-order valence-corrected chi connectivity index (χ2v) is 8.85. The van der Waals surface area contributed by atoms with Crippen molar-refractivity contribution in [3.8, 4) is 11.5 Å². The fourth-order valence-corrected chi connectivity index (χ4v) is 4.70. The molecular weight excluding hydrogens is 446 g/mol. The Labute approximate surface area is 192 Å². The van der Waals surface area contributed by atoms with E-state index in [9.17, 15) is 9.59 Å². The van der Waals surface area contributed by atoms with Crippen LogP contribution < -0.4 is 20.7 Å². The number of aryl methyl sites for hydroxylation is 2. The normalized spacial score (nSPS) is 15.3. The molecule has 11 nitrogen and oxygen atoms in total. The van der Waals surface area contributed by atoms with Crippen LogP contribution in [0, 0.1) is 0 Å². The summed E-state index contributed by atoms with van der Waals surface area (Å²) in [6.45, 7) is 0.664. The predicted molar refractivity (Wildman–Crippen MR) is 122 cm³/mol. The average molecular weight is 470 g/mol. The zero-order valence-electron chi connectivity index (χ0n) is 18.5. The van der Waals surface area contributed by atoms with Crippen LogP contribution in [0.5, 0.6) is 11.5 Å². The Morgan fingerprint density at radius 1 is 1.09 bits per heavy atom. The summed E-state index contributed by atoms with van der Waals surface area (Å²) < 4.78 is 18.0. The van der Waals surface area contributed by atoms with E-state index in [1.807, 2.05) is 35.9 Å². The number of benzene rings is 1. The first-order valence-electron chi connectivity index (χ1n) is 10.5. The molecular formula is C21H23N7O4S. The molecule has 33 heavy (non-hydrogen) atoms. The number of hydrogen-bond acceptors (Lipinski definition) is 8. The van der Waals surface area contributed by atoms with Crippen molar-refractivity contribution in [2.45, 2.75) is 24.2 Å². The molecule has 1 aromatic carbocycles. The van der Waals surface area contributed by atoms with Crippen molar-refractivity contribution >= 4 is 22.9 Å². The maximum atomic E-state index is 12.8. The van der Waals surface area contributed by atoms with Gasteiger partial charge in [0.15, 0.2) is 39.7 Å². The van der Waals surface area contributed by atoms with E-state index in [1.54, 1.807) is 18.7 Å². The molecule has 1 aliphatic rings. The summed E-state index contributed by atoms with van der Waals surface area (Å²) >= 11 is 1.51. The molecule has 4 heterocycles. The van der Waals surface area contributed by atoms with Crippen molar-refractivity contribution in [2.24, 2.45) is 21.1 Å². The lowest BCUT2D eigenvalue weighted by molar-refractivity contribution is 0.0825. The van der Waals surface area contributed by atoms with Gasteiger partial charge in [0, 0.05) is 33.4 Å². The summed E-state index contributed by atoms with van der Waals surface area (Å²) in [5.74, 6) is 2.74. The molecule has 0 aliphatic carbocycles. The number of fused-ring (bicyclic) bond motifs is 2. The van der Waals surface area contributed by atoms with Gasteiger partial charge in [0.05, 0.1) is 6.33 Å². The molecule has 3 aromatic heterocycles. The van der Waals surface area contributed by atoms with Crippen molar-refractivity contribution in [3.05, 3.63) is 57.3 Å². The molecule has 0 radical (unpaired) electrons. The summed E-state index contributed by atoms with van der Waals surface area (Å²) in [7, 11) is 5.25. The van der Waals surface area contributed by atoms with E-state index in [0.29, 0.717) is 48.1 Å². The van der Waals surface area contributed by atoms with Crippen molar-refractivity contribution in [3.63, 3.8) is 0 Å². The van der Waals surface area contributed by atoms with Gasteiger partial charge in [-0.2, -0.15) is 0 Å². The van der Waals surface area contributed by atoms with Crippen molar-refractivity contribution in [1.29, 1.82) is 0 Å². The molecule has 0 N–H and O–H groups in total. The van der Waals surface area contributed by atoms with Gasteiger partial charge in [-0.3, -0.25) is 13.9 Å². The summed E-state index contributed by atoms with van der Waals surface area (Å²) in [4.78, 5) is 29.6. The average Bonchev–Trinajstić information content (AvgIpc) is 3.39. The number of ether oxygens (including phenoxy) is 2. The Morgan fingerprint density at radius 3 is 2.70 bits per heavy atom. The number of para-hydroxylation sites is 2. The maximum Gasteiger partial charge on any atom is 0.332 e. The van der Waals surface area contributed by atoms with E-state index in [-0.39, 0.29) is 17.4 Å². The molecule has 5 rings (SSSR count). The first kappa shape index (κ1) is 21.3. The van der Waals surface area contributed by atoms with Crippen molar-refractivity contribution < 1.29 is 9.47 Å². The Morgan fingerprint density at radius 2 is 1.88 bits per heavy atom. The topological polar surface area (TPSA) is 111 Å². The van der Waals surface area contributed by atoms with Gasteiger partial charge in [-0.15, -0.1) is 10.2 Å². The Hall–Kier alpha value is -3.54. The van der Waals surface area contributed by atoms with E-state index >= 15 is 0 Å².